The number of aldehydes is 1. The van der Waals surface area contributed by atoms with Crippen molar-refractivity contribution in [2.45, 2.75) is 12.7 Å². The van der Waals surface area contributed by atoms with Crippen LogP contribution in [0.3, 0.4) is 0 Å². The van der Waals surface area contributed by atoms with E-state index < -0.39 is 6.17 Å². The molecule has 15 heavy (non-hydrogen) atoms. The number of carbonyl (C=O) groups excluding carboxylic acids is 1. The van der Waals surface area contributed by atoms with Gasteiger partial charge in [0.1, 0.15) is 10.8 Å². The molecule has 1 aromatic rings. The lowest BCUT2D eigenvalue weighted by Gasteiger charge is -1.97. The van der Waals surface area contributed by atoms with Gasteiger partial charge < -0.3 is 0 Å². The summed E-state index contributed by atoms with van der Waals surface area (Å²) in [7, 11) is 0. The molecule has 3 nitrogen and oxygen atoms in total. The molecule has 0 spiro atoms. The molecule has 0 aromatic carbocycles. The topological polar surface area (TPSA) is 34.9 Å². The third kappa shape index (κ3) is 2.15. The van der Waals surface area contributed by atoms with E-state index in [1.807, 2.05) is 0 Å². The molecule has 0 fully saturated rings. The molecule has 0 aliphatic heterocycles. The Labute approximate surface area is 91.8 Å². The zero-order valence-electron chi connectivity index (χ0n) is 7.99. The predicted octanol–water partition coefficient (Wildman–Crippen LogP) is 2.73. The van der Waals surface area contributed by atoms with Gasteiger partial charge in [0, 0.05) is 0 Å². The summed E-state index contributed by atoms with van der Waals surface area (Å²) in [6, 6.07) is 0. The summed E-state index contributed by atoms with van der Waals surface area (Å²) in [5, 5.41) is 3.99. The Kier molecular flexibility index (Phi) is 3.80. The molecule has 1 unspecified atom stereocenters. The molecule has 80 valence electrons. The Morgan fingerprint density at radius 1 is 1.60 bits per heavy atom. The zero-order chi connectivity index (χ0) is 11.4. The van der Waals surface area contributed by atoms with Crippen molar-refractivity contribution in [2.75, 3.05) is 0 Å². The molecule has 1 aromatic heterocycles. The first-order valence-corrected chi connectivity index (χ1v) is 4.62. The number of aromatic nitrogens is 2. The second-order valence-corrected chi connectivity index (χ2v) is 3.17. The number of carbonyl (C=O) groups is 1. The molecular formula is C10H10ClFN2O. The van der Waals surface area contributed by atoms with Gasteiger partial charge in [-0.2, -0.15) is 5.10 Å². The van der Waals surface area contributed by atoms with Gasteiger partial charge in [-0.25, -0.2) is 9.07 Å². The highest BCUT2D eigenvalue weighted by atomic mass is 35.5. The molecular weight excluding hydrogens is 219 g/mol. The highest BCUT2D eigenvalue weighted by Gasteiger charge is 2.20. The average molecular weight is 229 g/mol. The molecule has 0 saturated carbocycles. The van der Waals surface area contributed by atoms with Crippen molar-refractivity contribution in [2.24, 2.45) is 0 Å². The van der Waals surface area contributed by atoms with E-state index in [9.17, 15) is 9.18 Å². The molecule has 1 heterocycles. The predicted molar refractivity (Wildman–Crippen MR) is 56.9 cm³/mol. The van der Waals surface area contributed by atoms with E-state index in [1.165, 1.54) is 4.68 Å². The Balaban J connectivity index is 3.26. The van der Waals surface area contributed by atoms with Crippen LogP contribution >= 0.6 is 11.6 Å². The van der Waals surface area contributed by atoms with Crippen LogP contribution in [0.2, 0.25) is 5.15 Å². The summed E-state index contributed by atoms with van der Waals surface area (Å²) in [6.07, 6.45) is 1.61. The Hall–Kier alpha value is -1.42. The largest absolute Gasteiger partial charge is 0.298 e. The SMILES string of the molecule is C=CCn1nc(C(F)C=C)c(C=O)c1Cl. The maximum Gasteiger partial charge on any atom is 0.162 e. The van der Waals surface area contributed by atoms with Crippen molar-refractivity contribution < 1.29 is 9.18 Å². The fraction of sp³-hybridized carbons (Fsp3) is 0.200. The number of hydrogen-bond donors (Lipinski definition) is 0. The standard InChI is InChI=1S/C10H10ClFN2O/c1-3-5-14-10(11)7(6-15)9(13-14)8(12)4-2/h3-4,6,8H,1-2,5H2. The molecule has 0 aliphatic carbocycles. The van der Waals surface area contributed by atoms with Gasteiger partial charge in [0.05, 0.1) is 12.1 Å². The first-order chi connectivity index (χ1) is 7.15. The zero-order valence-corrected chi connectivity index (χ0v) is 8.75. The first kappa shape index (κ1) is 11.7. The van der Waals surface area contributed by atoms with Crippen LogP contribution in [0, 0.1) is 0 Å². The van der Waals surface area contributed by atoms with Gasteiger partial charge in [-0.1, -0.05) is 30.3 Å². The third-order valence-corrected chi connectivity index (χ3v) is 2.24. The normalized spacial score (nSPS) is 12.1. The van der Waals surface area contributed by atoms with Crippen LogP contribution in [0.15, 0.2) is 25.3 Å². The van der Waals surface area contributed by atoms with Gasteiger partial charge in [-0.3, -0.25) is 4.79 Å². The van der Waals surface area contributed by atoms with Crippen molar-refractivity contribution in [1.82, 2.24) is 9.78 Å². The van der Waals surface area contributed by atoms with Crippen LogP contribution in [0.25, 0.3) is 0 Å². The minimum Gasteiger partial charge on any atom is -0.298 e. The van der Waals surface area contributed by atoms with E-state index in [1.54, 1.807) is 6.08 Å². The molecule has 0 radical (unpaired) electrons. The lowest BCUT2D eigenvalue weighted by molar-refractivity contribution is 0.112. The summed E-state index contributed by atoms with van der Waals surface area (Å²) in [4.78, 5) is 10.7. The Morgan fingerprint density at radius 2 is 2.27 bits per heavy atom. The summed E-state index contributed by atoms with van der Waals surface area (Å²) in [5.74, 6) is 0. The summed E-state index contributed by atoms with van der Waals surface area (Å²) in [5.41, 5.74) is 0.0535. The van der Waals surface area contributed by atoms with Gasteiger partial charge in [0.2, 0.25) is 0 Å². The average Bonchev–Trinajstić information content (AvgIpc) is 2.55. The minimum absolute atomic E-state index is 0.00755. The van der Waals surface area contributed by atoms with E-state index in [-0.39, 0.29) is 16.4 Å². The molecule has 5 heteroatoms. The number of halogens is 2. The molecule has 1 rings (SSSR count). The quantitative estimate of drug-likeness (QED) is 0.574. The Morgan fingerprint density at radius 3 is 2.73 bits per heavy atom. The highest BCUT2D eigenvalue weighted by Crippen LogP contribution is 2.26. The Bertz CT molecular complexity index is 400. The van der Waals surface area contributed by atoms with E-state index in [0.717, 1.165) is 6.08 Å². The van der Waals surface area contributed by atoms with Crippen LogP contribution < -0.4 is 0 Å². The van der Waals surface area contributed by atoms with Crippen LogP contribution in [-0.2, 0) is 6.54 Å². The molecule has 0 saturated heterocycles. The van der Waals surface area contributed by atoms with Gasteiger partial charge in [0.25, 0.3) is 0 Å². The van der Waals surface area contributed by atoms with Crippen LogP contribution in [0.1, 0.15) is 22.2 Å². The molecule has 1 atom stereocenters. The second kappa shape index (κ2) is 4.89. The summed E-state index contributed by atoms with van der Waals surface area (Å²) in [6.45, 7) is 7.12. The van der Waals surface area contributed by atoms with Crippen LogP contribution in [0.4, 0.5) is 4.39 Å². The summed E-state index contributed by atoms with van der Waals surface area (Å²) >= 11 is 5.83. The van der Waals surface area contributed by atoms with Crippen molar-refractivity contribution in [3.8, 4) is 0 Å². The smallest absolute Gasteiger partial charge is 0.162 e. The van der Waals surface area contributed by atoms with E-state index in [2.05, 4.69) is 18.3 Å². The molecule has 0 bridgehead atoms. The fourth-order valence-corrected chi connectivity index (χ4v) is 1.39. The lowest BCUT2D eigenvalue weighted by atomic mass is 10.2. The maximum absolute atomic E-state index is 13.3. The number of alkyl halides is 1. The minimum atomic E-state index is -1.49. The van der Waals surface area contributed by atoms with E-state index >= 15 is 0 Å². The number of allylic oxidation sites excluding steroid dienone is 2. The number of rotatable bonds is 5. The summed E-state index contributed by atoms with van der Waals surface area (Å²) < 4.78 is 14.6. The van der Waals surface area contributed by atoms with Crippen LogP contribution in [-0.4, -0.2) is 16.1 Å². The van der Waals surface area contributed by atoms with Crippen molar-refractivity contribution >= 4 is 17.9 Å². The molecule has 0 aliphatic rings. The fourth-order valence-electron chi connectivity index (χ4n) is 1.14. The highest BCUT2D eigenvalue weighted by molar-refractivity contribution is 6.32. The first-order valence-electron chi connectivity index (χ1n) is 4.24. The lowest BCUT2D eigenvalue weighted by Crippen LogP contribution is -1.98. The van der Waals surface area contributed by atoms with E-state index in [0.29, 0.717) is 12.8 Å². The van der Waals surface area contributed by atoms with Crippen LogP contribution in [0.5, 0.6) is 0 Å². The number of nitrogens with zero attached hydrogens (tertiary/aromatic N) is 2. The van der Waals surface area contributed by atoms with Gasteiger partial charge >= 0.3 is 0 Å². The molecule has 0 amide bonds. The van der Waals surface area contributed by atoms with Gasteiger partial charge in [-0.15, -0.1) is 6.58 Å². The maximum atomic E-state index is 13.3. The van der Waals surface area contributed by atoms with Crippen molar-refractivity contribution in [1.29, 1.82) is 0 Å². The van der Waals surface area contributed by atoms with Gasteiger partial charge in [0.15, 0.2) is 12.5 Å². The van der Waals surface area contributed by atoms with Crippen molar-refractivity contribution in [3.63, 3.8) is 0 Å². The second-order valence-electron chi connectivity index (χ2n) is 2.82. The monoisotopic (exact) mass is 228 g/mol. The third-order valence-electron chi connectivity index (χ3n) is 1.84. The van der Waals surface area contributed by atoms with Gasteiger partial charge in [-0.05, 0) is 0 Å². The molecule has 0 N–H and O–H groups in total. The van der Waals surface area contributed by atoms with E-state index in [4.69, 9.17) is 11.6 Å². The number of hydrogen-bond acceptors (Lipinski definition) is 2. The van der Waals surface area contributed by atoms with Crippen molar-refractivity contribution in [3.05, 3.63) is 41.7 Å².